The average Bonchev–Trinajstić information content (AvgIpc) is 2.41. The molecule has 0 aromatic carbocycles. The van der Waals surface area contributed by atoms with Gasteiger partial charge in [-0.3, -0.25) is 0 Å². The number of aromatic nitrogens is 1. The molecule has 2 N–H and O–H groups in total. The van der Waals surface area contributed by atoms with Gasteiger partial charge in [0, 0.05) is 23.6 Å². The fraction of sp³-hybridized carbons (Fsp3) is 0.538. The van der Waals surface area contributed by atoms with Crippen LogP contribution in [-0.2, 0) is 4.74 Å². The van der Waals surface area contributed by atoms with Crippen LogP contribution < -0.4 is 10.6 Å². The van der Waals surface area contributed by atoms with E-state index in [1.54, 1.807) is 12.3 Å². The minimum Gasteiger partial charge on any atom is -0.465 e. The van der Waals surface area contributed by atoms with Crippen molar-refractivity contribution in [3.63, 3.8) is 0 Å². The van der Waals surface area contributed by atoms with Gasteiger partial charge in [0.25, 0.3) is 0 Å². The van der Waals surface area contributed by atoms with Crippen LogP contribution in [0.15, 0.2) is 12.3 Å². The number of carbonyl (C=O) groups excluding carboxylic acids is 1. The highest BCUT2D eigenvalue weighted by atomic mass is 32.2. The van der Waals surface area contributed by atoms with Gasteiger partial charge in [0.2, 0.25) is 0 Å². The molecule has 2 heterocycles. The summed E-state index contributed by atoms with van der Waals surface area (Å²) in [6.45, 7) is 5.21. The minimum atomic E-state index is -0.395. The van der Waals surface area contributed by atoms with E-state index in [1.165, 1.54) is 7.11 Å². The van der Waals surface area contributed by atoms with Gasteiger partial charge in [0.15, 0.2) is 0 Å². The molecule has 2 rings (SSSR count). The highest BCUT2D eigenvalue weighted by molar-refractivity contribution is 8.00. The Labute approximate surface area is 117 Å². The number of methoxy groups -OCH3 is 1. The van der Waals surface area contributed by atoms with Gasteiger partial charge in [0.05, 0.1) is 19.0 Å². The predicted octanol–water partition coefficient (Wildman–Crippen LogP) is 1.78. The number of nitrogen functional groups attached to an aromatic ring is 1. The molecule has 0 saturated carbocycles. The molecule has 0 bridgehead atoms. The number of thioether (sulfide) groups is 1. The second kappa shape index (κ2) is 5.69. The quantitative estimate of drug-likeness (QED) is 0.833. The molecular formula is C13H19N3O2S. The Kier molecular flexibility index (Phi) is 4.19. The van der Waals surface area contributed by atoms with Crippen LogP contribution in [0, 0.1) is 0 Å². The Balaban J connectivity index is 2.40. The summed E-state index contributed by atoms with van der Waals surface area (Å²) in [4.78, 5) is 18.4. The van der Waals surface area contributed by atoms with Crippen LogP contribution in [0.4, 0.5) is 11.5 Å². The normalized spacial score (nSPS) is 23.2. The monoisotopic (exact) mass is 281 g/mol. The number of anilines is 2. The third kappa shape index (κ3) is 2.78. The van der Waals surface area contributed by atoms with Gasteiger partial charge in [-0.15, -0.1) is 0 Å². The molecule has 19 heavy (non-hydrogen) atoms. The smallest absolute Gasteiger partial charge is 0.341 e. The van der Waals surface area contributed by atoms with Gasteiger partial charge in [-0.05, 0) is 13.0 Å². The lowest BCUT2D eigenvalue weighted by molar-refractivity contribution is 0.0601. The molecule has 2 unspecified atom stereocenters. The number of nitrogens with two attached hydrogens (primary N) is 1. The van der Waals surface area contributed by atoms with Gasteiger partial charge >= 0.3 is 5.97 Å². The second-order valence-corrected chi connectivity index (χ2v) is 6.13. The van der Waals surface area contributed by atoms with E-state index in [0.717, 1.165) is 12.3 Å². The van der Waals surface area contributed by atoms with Crippen molar-refractivity contribution in [2.24, 2.45) is 0 Å². The van der Waals surface area contributed by atoms with E-state index in [9.17, 15) is 4.79 Å². The van der Waals surface area contributed by atoms with Crippen molar-refractivity contribution in [2.45, 2.75) is 25.1 Å². The first kappa shape index (κ1) is 14.0. The molecule has 0 aliphatic carbocycles. The van der Waals surface area contributed by atoms with Crippen molar-refractivity contribution >= 4 is 29.2 Å². The van der Waals surface area contributed by atoms with Crippen LogP contribution in [0.1, 0.15) is 24.2 Å². The van der Waals surface area contributed by atoms with E-state index in [0.29, 0.717) is 28.4 Å². The average molecular weight is 281 g/mol. The number of carbonyl (C=O) groups is 1. The lowest BCUT2D eigenvalue weighted by Gasteiger charge is -2.38. The van der Waals surface area contributed by atoms with E-state index in [2.05, 4.69) is 23.7 Å². The molecule has 2 atom stereocenters. The highest BCUT2D eigenvalue weighted by Crippen LogP contribution is 2.30. The zero-order valence-corrected chi connectivity index (χ0v) is 12.2. The summed E-state index contributed by atoms with van der Waals surface area (Å²) in [5, 5.41) is 0.499. The Morgan fingerprint density at radius 3 is 3.00 bits per heavy atom. The van der Waals surface area contributed by atoms with Gasteiger partial charge in [0.1, 0.15) is 11.4 Å². The number of esters is 1. The van der Waals surface area contributed by atoms with Gasteiger partial charge in [-0.25, -0.2) is 9.78 Å². The number of pyridine rings is 1. The molecule has 1 aliphatic rings. The Morgan fingerprint density at radius 1 is 1.58 bits per heavy atom. The van der Waals surface area contributed by atoms with Crippen LogP contribution >= 0.6 is 11.8 Å². The fourth-order valence-corrected chi connectivity index (χ4v) is 3.29. The van der Waals surface area contributed by atoms with Crippen molar-refractivity contribution < 1.29 is 9.53 Å². The zero-order chi connectivity index (χ0) is 14.0. The van der Waals surface area contributed by atoms with Crippen molar-refractivity contribution in [3.05, 3.63) is 17.8 Å². The Hall–Kier alpha value is -1.43. The zero-order valence-electron chi connectivity index (χ0n) is 11.4. The topological polar surface area (TPSA) is 68.5 Å². The molecule has 1 aromatic rings. The van der Waals surface area contributed by atoms with E-state index in [1.807, 2.05) is 11.8 Å². The largest absolute Gasteiger partial charge is 0.465 e. The molecule has 0 radical (unpaired) electrons. The maximum absolute atomic E-state index is 11.9. The van der Waals surface area contributed by atoms with Crippen molar-refractivity contribution in [1.82, 2.24) is 4.98 Å². The third-order valence-electron chi connectivity index (χ3n) is 3.45. The molecule has 104 valence electrons. The first-order valence-corrected chi connectivity index (χ1v) is 7.31. The predicted molar refractivity (Wildman–Crippen MR) is 78.7 cm³/mol. The van der Waals surface area contributed by atoms with Crippen molar-refractivity contribution in [3.8, 4) is 0 Å². The number of ether oxygens (including phenoxy) is 1. The number of hydrogen-bond acceptors (Lipinski definition) is 6. The summed E-state index contributed by atoms with van der Waals surface area (Å²) in [6.07, 6.45) is 1.58. The van der Waals surface area contributed by atoms with E-state index in [-0.39, 0.29) is 0 Å². The summed E-state index contributed by atoms with van der Waals surface area (Å²) in [5.74, 6) is 1.30. The van der Waals surface area contributed by atoms with Crippen LogP contribution in [0.3, 0.4) is 0 Å². The fourth-order valence-electron chi connectivity index (χ4n) is 2.19. The lowest BCUT2D eigenvalue weighted by atomic mass is 10.1. The minimum absolute atomic E-state index is 0.318. The first-order valence-electron chi connectivity index (χ1n) is 6.26. The van der Waals surface area contributed by atoms with E-state index >= 15 is 0 Å². The third-order valence-corrected chi connectivity index (χ3v) is 4.79. The second-order valence-electron chi connectivity index (χ2n) is 4.64. The summed E-state index contributed by atoms with van der Waals surface area (Å²) >= 11 is 1.94. The number of rotatable bonds is 2. The highest BCUT2D eigenvalue weighted by Gasteiger charge is 2.29. The van der Waals surface area contributed by atoms with Gasteiger partial charge < -0.3 is 15.4 Å². The SMILES string of the molecule is COC(=O)c1cc(N)cnc1N1CCSC(C)C1C. The van der Waals surface area contributed by atoms with Crippen LogP contribution in [0.2, 0.25) is 0 Å². The number of hydrogen-bond donors (Lipinski definition) is 1. The van der Waals surface area contributed by atoms with Gasteiger partial charge in [-0.1, -0.05) is 6.92 Å². The lowest BCUT2D eigenvalue weighted by Crippen LogP contribution is -2.45. The van der Waals surface area contributed by atoms with E-state index in [4.69, 9.17) is 10.5 Å². The van der Waals surface area contributed by atoms with Crippen LogP contribution in [-0.4, -0.2) is 41.7 Å². The van der Waals surface area contributed by atoms with Crippen molar-refractivity contribution in [2.75, 3.05) is 30.0 Å². The molecule has 0 spiro atoms. The molecule has 0 amide bonds. The summed E-state index contributed by atoms with van der Waals surface area (Å²) in [5.41, 5.74) is 6.63. The van der Waals surface area contributed by atoms with Crippen LogP contribution in [0.25, 0.3) is 0 Å². The molecule has 5 nitrogen and oxygen atoms in total. The molecule has 1 aromatic heterocycles. The molecule has 1 fully saturated rings. The molecule has 1 saturated heterocycles. The van der Waals surface area contributed by atoms with E-state index < -0.39 is 5.97 Å². The maximum Gasteiger partial charge on any atom is 0.341 e. The van der Waals surface area contributed by atoms with Gasteiger partial charge in [-0.2, -0.15) is 11.8 Å². The molecular weight excluding hydrogens is 262 g/mol. The van der Waals surface area contributed by atoms with Crippen LogP contribution in [0.5, 0.6) is 0 Å². The van der Waals surface area contributed by atoms with Crippen molar-refractivity contribution in [1.29, 1.82) is 0 Å². The summed E-state index contributed by atoms with van der Waals surface area (Å²) in [6, 6.07) is 1.95. The first-order chi connectivity index (χ1) is 9.04. The molecule has 6 heteroatoms. The maximum atomic E-state index is 11.9. The Bertz CT molecular complexity index is 481. The number of nitrogens with zero attached hydrogens (tertiary/aromatic N) is 2. The summed E-state index contributed by atoms with van der Waals surface area (Å²) < 4.78 is 4.82. The standard InChI is InChI=1S/C13H19N3O2S/c1-8-9(2)19-5-4-16(8)12-11(13(17)18-3)6-10(14)7-15-12/h6-9H,4-5,14H2,1-3H3. The Morgan fingerprint density at radius 2 is 2.32 bits per heavy atom. The summed E-state index contributed by atoms with van der Waals surface area (Å²) in [7, 11) is 1.37. The molecule has 1 aliphatic heterocycles.